The van der Waals surface area contributed by atoms with E-state index in [0.29, 0.717) is 12.6 Å². The number of benzene rings is 3. The van der Waals surface area contributed by atoms with Crippen molar-refractivity contribution >= 4 is 16.8 Å². The van der Waals surface area contributed by atoms with Crippen LogP contribution < -0.4 is 10.6 Å². The first-order valence-electron chi connectivity index (χ1n) is 10.2. The molecule has 0 fully saturated rings. The molecule has 0 aliphatic carbocycles. The molecule has 29 heavy (non-hydrogen) atoms. The molecular formula is C25H29N3O. The highest BCUT2D eigenvalue weighted by Gasteiger charge is 2.26. The molecule has 0 aromatic heterocycles. The van der Waals surface area contributed by atoms with E-state index in [2.05, 4.69) is 77.2 Å². The van der Waals surface area contributed by atoms with Crippen molar-refractivity contribution in [2.75, 3.05) is 13.6 Å². The smallest absolute Gasteiger partial charge is 0.315 e. The third kappa shape index (κ3) is 4.28. The Labute approximate surface area is 172 Å². The van der Waals surface area contributed by atoms with Crippen molar-refractivity contribution in [3.05, 3.63) is 83.4 Å². The van der Waals surface area contributed by atoms with Crippen LogP contribution in [0.1, 0.15) is 30.5 Å². The van der Waals surface area contributed by atoms with Crippen LogP contribution in [0.4, 0.5) is 4.79 Å². The Morgan fingerprint density at radius 2 is 1.69 bits per heavy atom. The van der Waals surface area contributed by atoms with Crippen molar-refractivity contribution in [2.24, 2.45) is 0 Å². The van der Waals surface area contributed by atoms with E-state index in [1.807, 2.05) is 26.0 Å². The Bertz CT molecular complexity index is 1030. The second-order valence-corrected chi connectivity index (χ2v) is 8.56. The van der Waals surface area contributed by atoms with Gasteiger partial charge in [-0.05, 0) is 60.8 Å². The molecule has 4 nitrogen and oxygen atoms in total. The largest absolute Gasteiger partial charge is 0.337 e. The number of nitrogens with zero attached hydrogens (tertiary/aromatic N) is 1. The Hall–Kier alpha value is -2.85. The number of amides is 2. The number of carbonyl (C=O) groups excluding carboxylic acids is 1. The zero-order valence-electron chi connectivity index (χ0n) is 17.4. The zero-order chi connectivity index (χ0) is 20.4. The van der Waals surface area contributed by atoms with Gasteiger partial charge in [0.25, 0.3) is 0 Å². The molecule has 0 bridgehead atoms. The highest BCUT2D eigenvalue weighted by atomic mass is 16.2. The zero-order valence-corrected chi connectivity index (χ0v) is 17.4. The molecule has 4 heteroatoms. The first-order chi connectivity index (χ1) is 13.9. The standard InChI is InChI=1S/C25H29N3O/c1-25(2,22-13-12-18-8-4-5-9-19(18)14-22)27-24(29)26-16-23-15-20-10-6-7-11-21(20)17-28(23)3/h4-14,23H,15-17H2,1-3H3,(H2,26,27,29). The molecule has 2 amide bonds. The number of hydrogen-bond donors (Lipinski definition) is 2. The molecule has 3 aromatic carbocycles. The molecule has 4 rings (SSSR count). The van der Waals surface area contributed by atoms with E-state index in [1.165, 1.54) is 21.9 Å². The van der Waals surface area contributed by atoms with Gasteiger partial charge in [-0.1, -0.05) is 60.7 Å². The predicted molar refractivity (Wildman–Crippen MR) is 119 cm³/mol. The molecule has 1 aliphatic rings. The van der Waals surface area contributed by atoms with Gasteiger partial charge in [0.1, 0.15) is 0 Å². The number of nitrogens with one attached hydrogen (secondary N) is 2. The number of carbonyl (C=O) groups is 1. The average molecular weight is 388 g/mol. The number of fused-ring (bicyclic) bond motifs is 2. The van der Waals surface area contributed by atoms with Crippen LogP contribution in [-0.2, 0) is 18.5 Å². The van der Waals surface area contributed by atoms with E-state index in [-0.39, 0.29) is 6.03 Å². The van der Waals surface area contributed by atoms with Gasteiger partial charge in [-0.15, -0.1) is 0 Å². The fourth-order valence-electron chi connectivity index (χ4n) is 4.14. The maximum absolute atomic E-state index is 12.6. The fraction of sp³-hybridized carbons (Fsp3) is 0.320. The highest BCUT2D eigenvalue weighted by Crippen LogP contribution is 2.25. The lowest BCUT2D eigenvalue weighted by Crippen LogP contribution is -2.51. The minimum absolute atomic E-state index is 0.129. The number of rotatable bonds is 4. The second kappa shape index (κ2) is 7.88. The molecule has 1 aliphatic heterocycles. The van der Waals surface area contributed by atoms with Crippen molar-refractivity contribution in [2.45, 2.75) is 38.4 Å². The summed E-state index contributed by atoms with van der Waals surface area (Å²) in [6.07, 6.45) is 0.959. The average Bonchev–Trinajstić information content (AvgIpc) is 2.71. The van der Waals surface area contributed by atoms with Crippen LogP contribution in [-0.4, -0.2) is 30.6 Å². The van der Waals surface area contributed by atoms with Crippen LogP contribution in [0, 0.1) is 0 Å². The van der Waals surface area contributed by atoms with E-state index in [0.717, 1.165) is 18.5 Å². The topological polar surface area (TPSA) is 44.4 Å². The van der Waals surface area contributed by atoms with Gasteiger partial charge in [-0.3, -0.25) is 4.90 Å². The van der Waals surface area contributed by atoms with Crippen LogP contribution in [0.15, 0.2) is 66.7 Å². The Kier molecular flexibility index (Phi) is 5.29. The van der Waals surface area contributed by atoms with Crippen LogP contribution in [0.5, 0.6) is 0 Å². The molecule has 0 saturated heterocycles. The summed E-state index contributed by atoms with van der Waals surface area (Å²) in [6.45, 7) is 5.64. The van der Waals surface area contributed by atoms with Gasteiger partial charge in [-0.2, -0.15) is 0 Å². The summed E-state index contributed by atoms with van der Waals surface area (Å²) in [4.78, 5) is 15.0. The van der Waals surface area contributed by atoms with Crippen LogP contribution in [0.3, 0.4) is 0 Å². The monoisotopic (exact) mass is 387 g/mol. The summed E-state index contributed by atoms with van der Waals surface area (Å²) in [7, 11) is 2.12. The number of hydrogen-bond acceptors (Lipinski definition) is 2. The summed E-state index contributed by atoms with van der Waals surface area (Å²) in [6, 6.07) is 23.4. The van der Waals surface area contributed by atoms with E-state index >= 15 is 0 Å². The van der Waals surface area contributed by atoms with Crippen LogP contribution in [0.25, 0.3) is 10.8 Å². The van der Waals surface area contributed by atoms with Gasteiger partial charge < -0.3 is 10.6 Å². The minimum Gasteiger partial charge on any atom is -0.337 e. The van der Waals surface area contributed by atoms with E-state index < -0.39 is 5.54 Å². The Balaban J connectivity index is 1.38. The minimum atomic E-state index is -0.459. The molecule has 3 aromatic rings. The Morgan fingerprint density at radius 1 is 1.00 bits per heavy atom. The molecule has 1 heterocycles. The summed E-state index contributed by atoms with van der Waals surface area (Å²) < 4.78 is 0. The summed E-state index contributed by atoms with van der Waals surface area (Å²) in [5.74, 6) is 0. The third-order valence-electron chi connectivity index (χ3n) is 6.01. The van der Waals surface area contributed by atoms with Gasteiger partial charge in [0.2, 0.25) is 0 Å². The summed E-state index contributed by atoms with van der Waals surface area (Å²) in [5.41, 5.74) is 3.40. The van der Waals surface area contributed by atoms with Gasteiger partial charge in [-0.25, -0.2) is 4.79 Å². The maximum Gasteiger partial charge on any atom is 0.315 e. The van der Waals surface area contributed by atoms with Gasteiger partial charge >= 0.3 is 6.03 Å². The van der Waals surface area contributed by atoms with Gasteiger partial charge in [0.15, 0.2) is 0 Å². The molecule has 1 atom stereocenters. The van der Waals surface area contributed by atoms with Gasteiger partial charge in [0.05, 0.1) is 5.54 Å². The highest BCUT2D eigenvalue weighted by molar-refractivity contribution is 5.83. The number of likely N-dealkylation sites (N-methyl/N-ethyl adjacent to an activating group) is 1. The molecular weight excluding hydrogens is 358 g/mol. The normalized spacial score (nSPS) is 17.0. The predicted octanol–water partition coefficient (Wildman–Crippen LogP) is 4.43. The Morgan fingerprint density at radius 3 is 2.48 bits per heavy atom. The van der Waals surface area contributed by atoms with E-state index in [1.54, 1.807) is 0 Å². The lowest BCUT2D eigenvalue weighted by atomic mass is 9.92. The van der Waals surface area contributed by atoms with Gasteiger partial charge in [0, 0.05) is 19.1 Å². The summed E-state index contributed by atoms with van der Waals surface area (Å²) >= 11 is 0. The van der Waals surface area contributed by atoms with E-state index in [4.69, 9.17) is 0 Å². The summed E-state index contributed by atoms with van der Waals surface area (Å²) in [5, 5.41) is 8.62. The van der Waals surface area contributed by atoms with Crippen molar-refractivity contribution in [3.8, 4) is 0 Å². The fourth-order valence-corrected chi connectivity index (χ4v) is 4.14. The second-order valence-electron chi connectivity index (χ2n) is 8.56. The first-order valence-corrected chi connectivity index (χ1v) is 10.2. The molecule has 1 unspecified atom stereocenters. The first kappa shape index (κ1) is 19.5. The van der Waals surface area contributed by atoms with Crippen molar-refractivity contribution < 1.29 is 4.79 Å². The molecule has 0 spiro atoms. The van der Waals surface area contributed by atoms with E-state index in [9.17, 15) is 4.79 Å². The third-order valence-corrected chi connectivity index (χ3v) is 6.01. The lowest BCUT2D eigenvalue weighted by Gasteiger charge is -2.34. The maximum atomic E-state index is 12.6. The van der Waals surface area contributed by atoms with Crippen molar-refractivity contribution in [1.29, 1.82) is 0 Å². The molecule has 0 radical (unpaired) electrons. The quantitative estimate of drug-likeness (QED) is 0.696. The lowest BCUT2D eigenvalue weighted by molar-refractivity contribution is 0.200. The SMILES string of the molecule is CN1Cc2ccccc2CC1CNC(=O)NC(C)(C)c1ccc2ccccc2c1. The van der Waals surface area contributed by atoms with Crippen molar-refractivity contribution in [1.82, 2.24) is 15.5 Å². The van der Waals surface area contributed by atoms with Crippen LogP contribution >= 0.6 is 0 Å². The molecule has 150 valence electrons. The molecule has 0 saturated carbocycles. The van der Waals surface area contributed by atoms with Crippen molar-refractivity contribution in [3.63, 3.8) is 0 Å². The molecule has 2 N–H and O–H groups in total. The number of urea groups is 1. The van der Waals surface area contributed by atoms with Crippen LogP contribution in [0.2, 0.25) is 0 Å².